The van der Waals surface area contributed by atoms with E-state index in [1.54, 1.807) is 0 Å². The number of rotatable bonds is 6. The van der Waals surface area contributed by atoms with Crippen LogP contribution in [0.1, 0.15) is 18.9 Å². The first-order chi connectivity index (χ1) is 20.9. The molecule has 7 rings (SSSR count). The molecule has 210 valence electrons. The molecule has 1 heteroatoms. The second kappa shape index (κ2) is 11.0. The number of fused-ring (bicyclic) bond motifs is 3. The largest absolute Gasteiger partial charge is 0.0776 e. The van der Waals surface area contributed by atoms with E-state index in [9.17, 15) is 0 Å². The number of aryl methyl sites for hydroxylation is 1. The molecule has 0 aromatic heterocycles. The highest BCUT2D eigenvalue weighted by Crippen LogP contribution is 2.45. The van der Waals surface area contributed by atoms with Crippen molar-refractivity contribution in [3.63, 3.8) is 0 Å². The van der Waals surface area contributed by atoms with Crippen LogP contribution in [0.5, 0.6) is 0 Å². The third kappa shape index (κ3) is 4.98. The van der Waals surface area contributed by atoms with Gasteiger partial charge in [0.2, 0.25) is 0 Å². The lowest BCUT2D eigenvalue weighted by atomic mass is 9.83. The van der Waals surface area contributed by atoms with Gasteiger partial charge in [0.25, 0.3) is 0 Å². The zero-order valence-electron chi connectivity index (χ0n) is 25.6. The molecule has 0 N–H and O–H groups in total. The van der Waals surface area contributed by atoms with E-state index in [-0.39, 0.29) is 0 Å². The van der Waals surface area contributed by atoms with E-state index < -0.39 is 8.07 Å². The topological polar surface area (TPSA) is 0 Å². The second-order valence-corrected chi connectivity index (χ2v) is 17.9. The molecule has 7 aromatic carbocycles. The maximum absolute atomic E-state index is 2.53. The maximum atomic E-state index is 2.53. The summed E-state index contributed by atoms with van der Waals surface area (Å²) in [6.45, 7) is 9.63. The molecule has 0 radical (unpaired) electrons. The van der Waals surface area contributed by atoms with Crippen molar-refractivity contribution < 1.29 is 0 Å². The molecule has 0 amide bonds. The number of hydrogen-bond donors (Lipinski definition) is 0. The van der Waals surface area contributed by atoms with Crippen molar-refractivity contribution >= 4 is 45.6 Å². The lowest BCUT2D eigenvalue weighted by Crippen LogP contribution is -2.37. The first-order valence-corrected chi connectivity index (χ1v) is 19.1. The Hall–Kier alpha value is -4.46. The van der Waals surface area contributed by atoms with Gasteiger partial charge >= 0.3 is 0 Å². The molecule has 0 nitrogen and oxygen atoms in total. The molecule has 0 saturated heterocycles. The molecule has 0 fully saturated rings. The Bertz CT molecular complexity index is 2090. The smallest absolute Gasteiger partial charge is 0.0656 e. The van der Waals surface area contributed by atoms with Crippen LogP contribution in [0.4, 0.5) is 0 Å². The Morgan fingerprint density at radius 3 is 1.86 bits per heavy atom. The van der Waals surface area contributed by atoms with Crippen molar-refractivity contribution in [2.24, 2.45) is 0 Å². The third-order valence-electron chi connectivity index (χ3n) is 8.93. The fraction of sp³-hybridized carbons (Fsp3) is 0.143. The molecule has 0 atom stereocenters. The van der Waals surface area contributed by atoms with Crippen LogP contribution in [0.2, 0.25) is 19.6 Å². The minimum Gasteiger partial charge on any atom is -0.0656 e. The van der Waals surface area contributed by atoms with Crippen LogP contribution in [0.3, 0.4) is 0 Å². The van der Waals surface area contributed by atoms with E-state index in [0.29, 0.717) is 0 Å². The predicted molar refractivity (Wildman–Crippen MR) is 192 cm³/mol. The molecule has 0 aliphatic rings. The summed E-state index contributed by atoms with van der Waals surface area (Å²) in [7, 11) is -1.56. The Morgan fingerprint density at radius 1 is 0.465 bits per heavy atom. The number of hydrogen-bond acceptors (Lipinski definition) is 0. The van der Waals surface area contributed by atoms with Gasteiger partial charge in [0.15, 0.2) is 0 Å². The summed E-state index contributed by atoms with van der Waals surface area (Å²) in [5, 5.41) is 9.45. The average Bonchev–Trinajstić information content (AvgIpc) is 3.03. The number of benzene rings is 7. The minimum absolute atomic E-state index is 1.08. The third-order valence-corrected chi connectivity index (χ3v) is 11.0. The Labute approximate surface area is 256 Å². The predicted octanol–water partition coefficient (Wildman–Crippen LogP) is 11.6. The van der Waals surface area contributed by atoms with Gasteiger partial charge in [-0.05, 0) is 77.7 Å². The van der Waals surface area contributed by atoms with Crippen LogP contribution in [-0.2, 0) is 6.42 Å². The van der Waals surface area contributed by atoms with Crippen LogP contribution in [0.25, 0.3) is 65.7 Å². The zero-order chi connectivity index (χ0) is 29.6. The van der Waals surface area contributed by atoms with E-state index in [1.807, 2.05) is 0 Å². The normalized spacial score (nSPS) is 11.9. The maximum Gasteiger partial charge on any atom is 0.0776 e. The molecule has 0 saturated carbocycles. The van der Waals surface area contributed by atoms with E-state index in [0.717, 1.165) is 12.8 Å². The highest BCUT2D eigenvalue weighted by Gasteiger charge is 2.22. The van der Waals surface area contributed by atoms with E-state index in [1.165, 1.54) is 76.4 Å². The molecule has 0 aliphatic carbocycles. The van der Waals surface area contributed by atoms with Crippen LogP contribution in [-0.4, -0.2) is 8.07 Å². The first kappa shape index (κ1) is 27.4. The zero-order valence-corrected chi connectivity index (χ0v) is 26.6. The molecular weight excluding hydrogens is 533 g/mol. The molecule has 0 aliphatic heterocycles. The van der Waals surface area contributed by atoms with Crippen molar-refractivity contribution in [1.82, 2.24) is 0 Å². The minimum atomic E-state index is -1.56. The van der Waals surface area contributed by atoms with Crippen LogP contribution in [0.15, 0.2) is 133 Å². The molecule has 0 spiro atoms. The van der Waals surface area contributed by atoms with Gasteiger partial charge in [-0.25, -0.2) is 0 Å². The summed E-state index contributed by atoms with van der Waals surface area (Å²) in [6.07, 6.45) is 2.22. The summed E-state index contributed by atoms with van der Waals surface area (Å²) >= 11 is 0. The monoisotopic (exact) mass is 570 g/mol. The fourth-order valence-corrected chi connectivity index (χ4v) is 7.85. The molecule has 43 heavy (non-hydrogen) atoms. The molecule has 7 aromatic rings. The first-order valence-electron chi connectivity index (χ1n) is 15.6. The quantitative estimate of drug-likeness (QED) is 0.138. The SMILES string of the molecule is CCCc1ccc2c(-c3cccc4ccccc34)c3cc([Si](C)(C)C)ccc3c(-c3ccc(-c4ccccc4)cc3)c2c1. The summed E-state index contributed by atoms with van der Waals surface area (Å²) in [6, 6.07) is 50.1. The summed E-state index contributed by atoms with van der Waals surface area (Å²) in [5.41, 5.74) is 9.18. The van der Waals surface area contributed by atoms with E-state index >= 15 is 0 Å². The average molecular weight is 571 g/mol. The molecular formula is C42H38Si. The fourth-order valence-electron chi connectivity index (χ4n) is 6.69. The molecule has 0 heterocycles. The van der Waals surface area contributed by atoms with E-state index in [2.05, 4.69) is 160 Å². The second-order valence-electron chi connectivity index (χ2n) is 12.9. The van der Waals surface area contributed by atoms with Crippen molar-refractivity contribution in [1.29, 1.82) is 0 Å². The lowest BCUT2D eigenvalue weighted by molar-refractivity contribution is 0.924. The van der Waals surface area contributed by atoms with E-state index in [4.69, 9.17) is 0 Å². The molecule has 0 unspecified atom stereocenters. The van der Waals surface area contributed by atoms with Crippen molar-refractivity contribution in [2.45, 2.75) is 39.4 Å². The van der Waals surface area contributed by atoms with Gasteiger partial charge in [-0.15, -0.1) is 0 Å². The molecule has 0 bridgehead atoms. The Morgan fingerprint density at radius 2 is 1.09 bits per heavy atom. The van der Waals surface area contributed by atoms with Crippen molar-refractivity contribution in [3.05, 3.63) is 139 Å². The summed E-state index contributed by atoms with van der Waals surface area (Å²) < 4.78 is 0. The van der Waals surface area contributed by atoms with Gasteiger partial charge in [-0.3, -0.25) is 0 Å². The van der Waals surface area contributed by atoms with Gasteiger partial charge in [0.1, 0.15) is 0 Å². The highest BCUT2D eigenvalue weighted by molar-refractivity contribution is 6.88. The van der Waals surface area contributed by atoms with Gasteiger partial charge in [-0.1, -0.05) is 172 Å². The Kier molecular flexibility index (Phi) is 6.99. The van der Waals surface area contributed by atoms with Crippen LogP contribution >= 0.6 is 0 Å². The Balaban J connectivity index is 1.61. The standard InChI is InChI=1S/C42H38Si/c1-5-12-29-19-25-38-39(27-29)41(33-22-20-31(21-23-33)30-13-7-6-8-14-30)37-26-24-34(43(2,3)4)28-40(37)42(38)36-18-11-16-32-15-9-10-17-35(32)36/h6-11,13-28H,5,12H2,1-4H3. The van der Waals surface area contributed by atoms with Gasteiger partial charge < -0.3 is 0 Å². The lowest BCUT2D eigenvalue weighted by Gasteiger charge is -2.23. The van der Waals surface area contributed by atoms with Gasteiger partial charge in [0.05, 0.1) is 8.07 Å². The van der Waals surface area contributed by atoms with Crippen LogP contribution in [0, 0.1) is 0 Å². The van der Waals surface area contributed by atoms with Crippen molar-refractivity contribution in [3.8, 4) is 33.4 Å². The summed E-state index contributed by atoms with van der Waals surface area (Å²) in [5.74, 6) is 0. The highest BCUT2D eigenvalue weighted by atomic mass is 28.3. The van der Waals surface area contributed by atoms with Gasteiger partial charge in [0, 0.05) is 0 Å². The van der Waals surface area contributed by atoms with Crippen LogP contribution < -0.4 is 5.19 Å². The van der Waals surface area contributed by atoms with Gasteiger partial charge in [-0.2, -0.15) is 0 Å². The van der Waals surface area contributed by atoms with Crippen molar-refractivity contribution in [2.75, 3.05) is 0 Å². The summed E-state index contributed by atoms with van der Waals surface area (Å²) in [4.78, 5) is 0.